The van der Waals surface area contributed by atoms with Gasteiger partial charge in [-0.15, -0.1) is 0 Å². The molecule has 3 rings (SSSR count). The van der Waals surface area contributed by atoms with Gasteiger partial charge in [-0.05, 0) is 43.9 Å². The third-order valence-electron chi connectivity index (χ3n) is 4.40. The SMILES string of the molecule is O=C(NCC1(c2cccnc2)CC1)C1CCCNC1. The molecule has 1 aliphatic heterocycles. The summed E-state index contributed by atoms with van der Waals surface area (Å²) in [6, 6.07) is 4.09. The number of hydrogen-bond acceptors (Lipinski definition) is 3. The van der Waals surface area contributed by atoms with Crippen molar-refractivity contribution in [2.24, 2.45) is 5.92 Å². The molecule has 2 fully saturated rings. The fraction of sp³-hybridized carbons (Fsp3) is 0.600. The van der Waals surface area contributed by atoms with Crippen LogP contribution in [0.25, 0.3) is 0 Å². The van der Waals surface area contributed by atoms with Crippen molar-refractivity contribution in [1.82, 2.24) is 15.6 Å². The Labute approximate surface area is 114 Å². The molecular formula is C15H21N3O. The normalized spacial score (nSPS) is 24.7. The number of nitrogens with zero attached hydrogens (tertiary/aromatic N) is 1. The number of pyridine rings is 1. The lowest BCUT2D eigenvalue weighted by Gasteiger charge is -2.23. The molecule has 1 amide bonds. The predicted octanol–water partition coefficient (Wildman–Crippen LogP) is 1.23. The molecule has 4 heteroatoms. The van der Waals surface area contributed by atoms with E-state index in [9.17, 15) is 4.79 Å². The molecule has 0 radical (unpaired) electrons. The van der Waals surface area contributed by atoms with Gasteiger partial charge in [-0.2, -0.15) is 0 Å². The smallest absolute Gasteiger partial charge is 0.224 e. The van der Waals surface area contributed by atoms with E-state index in [4.69, 9.17) is 0 Å². The summed E-state index contributed by atoms with van der Waals surface area (Å²) in [6.45, 7) is 2.63. The molecule has 102 valence electrons. The van der Waals surface area contributed by atoms with Crippen LogP contribution >= 0.6 is 0 Å². The first-order valence-electron chi connectivity index (χ1n) is 7.19. The van der Waals surface area contributed by atoms with Gasteiger partial charge in [0, 0.05) is 30.9 Å². The van der Waals surface area contributed by atoms with Crippen molar-refractivity contribution in [3.8, 4) is 0 Å². The molecule has 2 N–H and O–H groups in total. The number of nitrogens with one attached hydrogen (secondary N) is 2. The topological polar surface area (TPSA) is 54.0 Å². The molecule has 1 aromatic heterocycles. The van der Waals surface area contributed by atoms with Gasteiger partial charge in [0.05, 0.1) is 5.92 Å². The highest BCUT2D eigenvalue weighted by atomic mass is 16.1. The van der Waals surface area contributed by atoms with E-state index in [1.165, 1.54) is 5.56 Å². The van der Waals surface area contributed by atoms with E-state index < -0.39 is 0 Å². The van der Waals surface area contributed by atoms with Crippen molar-refractivity contribution < 1.29 is 4.79 Å². The zero-order valence-electron chi connectivity index (χ0n) is 11.2. The Bertz CT molecular complexity index is 436. The van der Waals surface area contributed by atoms with Crippen molar-refractivity contribution in [1.29, 1.82) is 0 Å². The lowest BCUT2D eigenvalue weighted by molar-refractivity contribution is -0.125. The number of piperidine rings is 1. The molecule has 1 atom stereocenters. The van der Waals surface area contributed by atoms with E-state index in [0.717, 1.165) is 45.3 Å². The second-order valence-corrected chi connectivity index (χ2v) is 5.78. The molecule has 1 aliphatic carbocycles. The minimum atomic E-state index is 0.151. The Kier molecular flexibility index (Phi) is 3.51. The predicted molar refractivity (Wildman–Crippen MR) is 73.8 cm³/mol. The molecule has 0 spiro atoms. The Morgan fingerprint density at radius 2 is 2.42 bits per heavy atom. The van der Waals surface area contributed by atoms with Crippen LogP contribution in [0.15, 0.2) is 24.5 Å². The maximum atomic E-state index is 12.1. The molecule has 1 aromatic rings. The first-order valence-corrected chi connectivity index (χ1v) is 7.19. The molecule has 1 saturated carbocycles. The molecule has 1 saturated heterocycles. The zero-order valence-corrected chi connectivity index (χ0v) is 11.2. The van der Waals surface area contributed by atoms with Crippen LogP contribution in [0.2, 0.25) is 0 Å². The third kappa shape index (κ3) is 2.78. The fourth-order valence-corrected chi connectivity index (χ4v) is 2.87. The van der Waals surface area contributed by atoms with Gasteiger partial charge in [0.15, 0.2) is 0 Å². The summed E-state index contributed by atoms with van der Waals surface area (Å²) in [4.78, 5) is 16.3. The Morgan fingerprint density at radius 1 is 1.53 bits per heavy atom. The van der Waals surface area contributed by atoms with Gasteiger partial charge >= 0.3 is 0 Å². The van der Waals surface area contributed by atoms with Crippen LogP contribution in [0, 0.1) is 5.92 Å². The Hall–Kier alpha value is -1.42. The summed E-state index contributed by atoms with van der Waals surface area (Å²) in [5.41, 5.74) is 1.42. The van der Waals surface area contributed by atoms with Crippen LogP contribution in [-0.4, -0.2) is 30.5 Å². The van der Waals surface area contributed by atoms with Crippen LogP contribution in [0.3, 0.4) is 0 Å². The monoisotopic (exact) mass is 259 g/mol. The van der Waals surface area contributed by atoms with Crippen LogP contribution < -0.4 is 10.6 Å². The van der Waals surface area contributed by atoms with Crippen molar-refractivity contribution in [2.75, 3.05) is 19.6 Å². The van der Waals surface area contributed by atoms with E-state index in [2.05, 4.69) is 21.7 Å². The maximum Gasteiger partial charge on any atom is 0.224 e. The van der Waals surface area contributed by atoms with Crippen molar-refractivity contribution >= 4 is 5.91 Å². The molecule has 2 heterocycles. The molecule has 4 nitrogen and oxygen atoms in total. The highest BCUT2D eigenvalue weighted by Crippen LogP contribution is 2.47. The molecule has 0 bridgehead atoms. The highest BCUT2D eigenvalue weighted by Gasteiger charge is 2.44. The van der Waals surface area contributed by atoms with Gasteiger partial charge in [-0.1, -0.05) is 6.07 Å². The van der Waals surface area contributed by atoms with Crippen molar-refractivity contribution in [2.45, 2.75) is 31.1 Å². The van der Waals surface area contributed by atoms with E-state index in [1.807, 2.05) is 12.3 Å². The van der Waals surface area contributed by atoms with Gasteiger partial charge < -0.3 is 10.6 Å². The number of aromatic nitrogens is 1. The Balaban J connectivity index is 1.56. The maximum absolute atomic E-state index is 12.1. The quantitative estimate of drug-likeness (QED) is 0.855. The minimum absolute atomic E-state index is 0.151. The van der Waals surface area contributed by atoms with Crippen LogP contribution in [0.5, 0.6) is 0 Å². The van der Waals surface area contributed by atoms with Crippen molar-refractivity contribution in [3.05, 3.63) is 30.1 Å². The standard InChI is InChI=1S/C15H21N3O/c19-14(12-3-1-7-16-9-12)18-11-15(5-6-15)13-4-2-8-17-10-13/h2,4,8,10,12,16H,1,3,5-7,9,11H2,(H,18,19). The number of carbonyl (C=O) groups excluding carboxylic acids is 1. The highest BCUT2D eigenvalue weighted by molar-refractivity contribution is 5.79. The first kappa shape index (κ1) is 12.6. The summed E-state index contributed by atoms with van der Waals surface area (Å²) in [5.74, 6) is 0.362. The lowest BCUT2D eigenvalue weighted by atomic mass is 9.96. The number of rotatable bonds is 4. The molecule has 2 aliphatic rings. The molecular weight excluding hydrogens is 238 g/mol. The molecule has 1 unspecified atom stereocenters. The average Bonchev–Trinajstić information content (AvgIpc) is 3.28. The molecule has 19 heavy (non-hydrogen) atoms. The van der Waals surface area contributed by atoms with E-state index in [1.54, 1.807) is 6.20 Å². The van der Waals surface area contributed by atoms with E-state index >= 15 is 0 Å². The van der Waals surface area contributed by atoms with Crippen LogP contribution in [0.1, 0.15) is 31.2 Å². The Morgan fingerprint density at radius 3 is 3.05 bits per heavy atom. The van der Waals surface area contributed by atoms with Gasteiger partial charge in [0.2, 0.25) is 5.91 Å². The lowest BCUT2D eigenvalue weighted by Crippen LogP contribution is -2.42. The van der Waals surface area contributed by atoms with Gasteiger partial charge in [-0.25, -0.2) is 0 Å². The van der Waals surface area contributed by atoms with E-state index in [-0.39, 0.29) is 17.2 Å². The third-order valence-corrected chi connectivity index (χ3v) is 4.40. The number of hydrogen-bond donors (Lipinski definition) is 2. The van der Waals surface area contributed by atoms with E-state index in [0.29, 0.717) is 0 Å². The number of carbonyl (C=O) groups is 1. The average molecular weight is 259 g/mol. The van der Waals surface area contributed by atoms with Crippen molar-refractivity contribution in [3.63, 3.8) is 0 Å². The summed E-state index contributed by atoms with van der Waals surface area (Å²) < 4.78 is 0. The summed E-state index contributed by atoms with van der Waals surface area (Å²) in [5, 5.41) is 6.44. The second kappa shape index (κ2) is 5.29. The summed E-state index contributed by atoms with van der Waals surface area (Å²) >= 11 is 0. The van der Waals surface area contributed by atoms with Gasteiger partial charge in [0.1, 0.15) is 0 Å². The summed E-state index contributed by atoms with van der Waals surface area (Å²) in [6.07, 6.45) is 8.15. The number of amides is 1. The fourth-order valence-electron chi connectivity index (χ4n) is 2.87. The van der Waals surface area contributed by atoms with Crippen LogP contribution in [0.4, 0.5) is 0 Å². The zero-order chi connectivity index (χ0) is 13.1. The summed E-state index contributed by atoms with van der Waals surface area (Å²) in [7, 11) is 0. The second-order valence-electron chi connectivity index (χ2n) is 5.78. The molecule has 0 aromatic carbocycles. The largest absolute Gasteiger partial charge is 0.355 e. The first-order chi connectivity index (χ1) is 9.30. The van der Waals surface area contributed by atoms with Crippen LogP contribution in [-0.2, 0) is 10.2 Å². The minimum Gasteiger partial charge on any atom is -0.355 e. The van der Waals surface area contributed by atoms with Gasteiger partial charge in [-0.3, -0.25) is 9.78 Å². The van der Waals surface area contributed by atoms with Gasteiger partial charge in [0.25, 0.3) is 0 Å².